The molecular weight excluding hydrogens is 518 g/mol. The Morgan fingerprint density at radius 1 is 0.905 bits per heavy atom. The van der Waals surface area contributed by atoms with Gasteiger partial charge in [-0.1, -0.05) is 104 Å². The van der Waals surface area contributed by atoms with Gasteiger partial charge in [-0.3, -0.25) is 0 Å². The first kappa shape index (κ1) is 33.9. The highest BCUT2D eigenvalue weighted by molar-refractivity contribution is 5.67. The SMILES string of the molecule is CC(C)CCCC1CCC2C3CC=C4C[C@H](OC(=O)NCCCCCCCCCCCCO)CC[C@@]4(C)C3CC[C@@]12C. The third-order valence-corrected chi connectivity index (χ3v) is 12.7. The summed E-state index contributed by atoms with van der Waals surface area (Å²) in [5.41, 5.74) is 2.49. The van der Waals surface area contributed by atoms with Crippen LogP contribution in [0.25, 0.3) is 0 Å². The molecule has 0 aliphatic heterocycles. The molecule has 0 heterocycles. The lowest BCUT2D eigenvalue weighted by Crippen LogP contribution is -2.50. The molecule has 42 heavy (non-hydrogen) atoms. The van der Waals surface area contributed by atoms with E-state index in [4.69, 9.17) is 9.84 Å². The van der Waals surface area contributed by atoms with Crippen LogP contribution in [0.2, 0.25) is 0 Å². The van der Waals surface area contributed by atoms with Crippen LogP contribution in [-0.2, 0) is 4.74 Å². The summed E-state index contributed by atoms with van der Waals surface area (Å²) >= 11 is 0. The first-order valence-electron chi connectivity index (χ1n) is 18.5. The van der Waals surface area contributed by atoms with E-state index < -0.39 is 0 Å². The lowest BCUT2D eigenvalue weighted by Gasteiger charge is -2.58. The molecule has 4 aliphatic carbocycles. The molecule has 0 aromatic heterocycles. The van der Waals surface area contributed by atoms with Gasteiger partial charge in [-0.05, 0) is 105 Å². The average molecular weight is 586 g/mol. The van der Waals surface area contributed by atoms with Crippen molar-refractivity contribution in [3.05, 3.63) is 11.6 Å². The Morgan fingerprint density at radius 3 is 2.29 bits per heavy atom. The van der Waals surface area contributed by atoms with E-state index in [1.807, 2.05) is 0 Å². The molecule has 3 fully saturated rings. The van der Waals surface area contributed by atoms with Crippen molar-refractivity contribution in [1.29, 1.82) is 0 Å². The molecule has 3 saturated carbocycles. The van der Waals surface area contributed by atoms with Gasteiger partial charge >= 0.3 is 6.09 Å². The Balaban J connectivity index is 1.15. The summed E-state index contributed by atoms with van der Waals surface area (Å²) < 4.78 is 5.97. The topological polar surface area (TPSA) is 58.6 Å². The van der Waals surface area contributed by atoms with Crippen molar-refractivity contribution < 1.29 is 14.6 Å². The minimum atomic E-state index is -0.205. The number of fused-ring (bicyclic) bond motifs is 5. The van der Waals surface area contributed by atoms with Gasteiger partial charge in [0.2, 0.25) is 0 Å². The minimum Gasteiger partial charge on any atom is -0.446 e. The standard InChI is InChI=1S/C38H67NO3/c1-29(2)16-15-17-30-19-21-34-33-20-18-31-28-32(22-24-38(31,4)35(33)23-25-37(30,34)3)42-36(41)39-26-13-11-9-7-5-6-8-10-12-14-27-40/h18,29-30,32-35,40H,5-17,19-28H2,1-4H3,(H,39,41)/t30?,32-,33?,34?,35?,37+,38-/m1/s1. The first-order valence-corrected chi connectivity index (χ1v) is 18.5. The highest BCUT2D eigenvalue weighted by Gasteiger charge is 2.58. The summed E-state index contributed by atoms with van der Waals surface area (Å²) in [6.07, 6.45) is 29.0. The number of aliphatic hydroxyl groups excluding tert-OH is 1. The summed E-state index contributed by atoms with van der Waals surface area (Å²) in [6.45, 7) is 11.1. The highest BCUT2D eigenvalue weighted by atomic mass is 16.6. The van der Waals surface area contributed by atoms with Gasteiger partial charge in [-0.2, -0.15) is 0 Å². The Kier molecular flexibility index (Phi) is 13.2. The van der Waals surface area contributed by atoms with Crippen LogP contribution in [0.1, 0.15) is 163 Å². The lowest BCUT2D eigenvalue weighted by molar-refractivity contribution is -0.0519. The smallest absolute Gasteiger partial charge is 0.407 e. The summed E-state index contributed by atoms with van der Waals surface area (Å²) in [5.74, 6) is 4.39. The molecule has 242 valence electrons. The number of carbonyl (C=O) groups excluding carboxylic acids is 1. The lowest BCUT2D eigenvalue weighted by atomic mass is 9.47. The van der Waals surface area contributed by atoms with E-state index in [-0.39, 0.29) is 12.2 Å². The monoisotopic (exact) mass is 586 g/mol. The maximum Gasteiger partial charge on any atom is 0.407 e. The largest absolute Gasteiger partial charge is 0.446 e. The molecule has 2 N–H and O–H groups in total. The predicted molar refractivity (Wildman–Crippen MR) is 175 cm³/mol. The fraction of sp³-hybridized carbons (Fsp3) is 0.921. The number of alkyl carbamates (subject to hydrolysis) is 1. The minimum absolute atomic E-state index is 0.0453. The van der Waals surface area contributed by atoms with E-state index in [1.54, 1.807) is 5.57 Å². The molecule has 0 aromatic rings. The molecule has 0 saturated heterocycles. The Labute approximate surface area is 259 Å². The van der Waals surface area contributed by atoms with Gasteiger partial charge in [0.05, 0.1) is 0 Å². The summed E-state index contributed by atoms with van der Waals surface area (Å²) in [6, 6.07) is 0. The number of allylic oxidation sites excluding steroid dienone is 1. The van der Waals surface area contributed by atoms with E-state index in [2.05, 4.69) is 39.1 Å². The van der Waals surface area contributed by atoms with Gasteiger partial charge in [0.25, 0.3) is 0 Å². The second kappa shape index (κ2) is 16.3. The molecule has 4 aliphatic rings. The predicted octanol–water partition coefficient (Wildman–Crippen LogP) is 10.4. The van der Waals surface area contributed by atoms with Crippen molar-refractivity contribution in [2.75, 3.05) is 13.2 Å². The number of rotatable bonds is 17. The molecular formula is C38H67NO3. The number of hydrogen-bond donors (Lipinski definition) is 2. The Morgan fingerprint density at radius 2 is 1.60 bits per heavy atom. The van der Waals surface area contributed by atoms with Crippen molar-refractivity contribution in [1.82, 2.24) is 5.32 Å². The Hall–Kier alpha value is -1.03. The molecule has 4 heteroatoms. The fourth-order valence-corrected chi connectivity index (χ4v) is 10.1. The maximum atomic E-state index is 12.6. The zero-order valence-corrected chi connectivity index (χ0v) is 28.1. The molecule has 0 spiro atoms. The number of nitrogens with one attached hydrogen (secondary N) is 1. The van der Waals surface area contributed by atoms with E-state index in [0.29, 0.717) is 17.4 Å². The van der Waals surface area contributed by atoms with Gasteiger partial charge in [0.1, 0.15) is 6.10 Å². The van der Waals surface area contributed by atoms with Crippen LogP contribution in [0.5, 0.6) is 0 Å². The van der Waals surface area contributed by atoms with Crippen molar-refractivity contribution in [3.63, 3.8) is 0 Å². The summed E-state index contributed by atoms with van der Waals surface area (Å²) in [4.78, 5) is 12.6. The normalized spacial score (nSPS) is 34.0. The van der Waals surface area contributed by atoms with Gasteiger partial charge in [0, 0.05) is 19.6 Å². The average Bonchev–Trinajstić information content (AvgIpc) is 3.30. The molecule has 0 bridgehead atoms. The van der Waals surface area contributed by atoms with Crippen LogP contribution in [0, 0.1) is 40.4 Å². The molecule has 4 unspecified atom stereocenters. The van der Waals surface area contributed by atoms with Crippen LogP contribution < -0.4 is 5.32 Å². The van der Waals surface area contributed by atoms with Crippen LogP contribution in [0.4, 0.5) is 4.79 Å². The van der Waals surface area contributed by atoms with Crippen LogP contribution >= 0.6 is 0 Å². The quantitative estimate of drug-likeness (QED) is 0.132. The van der Waals surface area contributed by atoms with Gasteiger partial charge in [-0.25, -0.2) is 4.79 Å². The zero-order chi connectivity index (χ0) is 30.0. The van der Waals surface area contributed by atoms with Crippen molar-refractivity contribution in [2.24, 2.45) is 40.4 Å². The second-order valence-electron chi connectivity index (χ2n) is 15.9. The van der Waals surface area contributed by atoms with Crippen LogP contribution in [0.3, 0.4) is 0 Å². The zero-order valence-electron chi connectivity index (χ0n) is 28.1. The second-order valence-corrected chi connectivity index (χ2v) is 15.9. The van der Waals surface area contributed by atoms with E-state index in [9.17, 15) is 4.79 Å². The van der Waals surface area contributed by atoms with Crippen molar-refractivity contribution in [2.45, 2.75) is 169 Å². The third-order valence-electron chi connectivity index (χ3n) is 12.7. The Bertz CT molecular complexity index is 853. The summed E-state index contributed by atoms with van der Waals surface area (Å²) in [5, 5.41) is 11.9. The molecule has 0 aromatic carbocycles. The van der Waals surface area contributed by atoms with E-state index in [1.165, 1.54) is 103 Å². The third kappa shape index (κ3) is 8.57. The number of unbranched alkanes of at least 4 members (excludes halogenated alkanes) is 9. The number of aliphatic hydroxyl groups is 1. The molecule has 0 radical (unpaired) electrons. The molecule has 1 amide bonds. The number of amides is 1. The number of hydrogen-bond acceptors (Lipinski definition) is 3. The van der Waals surface area contributed by atoms with Crippen LogP contribution in [-0.4, -0.2) is 30.5 Å². The van der Waals surface area contributed by atoms with E-state index >= 15 is 0 Å². The number of carbonyl (C=O) groups is 1. The van der Waals surface area contributed by atoms with Gasteiger partial charge < -0.3 is 15.2 Å². The molecule has 4 rings (SSSR count). The first-order chi connectivity index (χ1) is 20.3. The highest BCUT2D eigenvalue weighted by Crippen LogP contribution is 2.66. The fourth-order valence-electron chi connectivity index (χ4n) is 10.1. The van der Waals surface area contributed by atoms with Gasteiger partial charge in [-0.15, -0.1) is 0 Å². The maximum absolute atomic E-state index is 12.6. The van der Waals surface area contributed by atoms with Crippen LogP contribution in [0.15, 0.2) is 11.6 Å². The molecule has 4 nitrogen and oxygen atoms in total. The van der Waals surface area contributed by atoms with Crippen molar-refractivity contribution >= 4 is 6.09 Å². The summed E-state index contributed by atoms with van der Waals surface area (Å²) in [7, 11) is 0. The number of ether oxygens (including phenoxy) is 1. The van der Waals surface area contributed by atoms with Crippen molar-refractivity contribution in [3.8, 4) is 0 Å². The van der Waals surface area contributed by atoms with E-state index in [0.717, 1.165) is 68.2 Å². The molecule has 7 atom stereocenters. The van der Waals surface area contributed by atoms with Gasteiger partial charge in [0.15, 0.2) is 0 Å².